The lowest BCUT2D eigenvalue weighted by atomic mass is 10.2. The van der Waals surface area contributed by atoms with Crippen LogP contribution in [0.3, 0.4) is 0 Å². The molecule has 7 heteroatoms. The van der Waals surface area contributed by atoms with E-state index >= 15 is 0 Å². The summed E-state index contributed by atoms with van der Waals surface area (Å²) >= 11 is 0. The summed E-state index contributed by atoms with van der Waals surface area (Å²) in [5, 5.41) is 14.2. The molecule has 0 aliphatic carbocycles. The maximum absolute atomic E-state index is 11.9. The number of carbonyl (C=O) groups is 3. The van der Waals surface area contributed by atoms with E-state index in [0.29, 0.717) is 19.4 Å². The van der Waals surface area contributed by atoms with Crippen LogP contribution in [0.1, 0.15) is 33.6 Å². The van der Waals surface area contributed by atoms with Gasteiger partial charge in [0, 0.05) is 12.6 Å². The topological polar surface area (TPSA) is 98.7 Å². The smallest absolute Gasteiger partial charge is 0.326 e. The summed E-state index contributed by atoms with van der Waals surface area (Å²) in [5.74, 6) is -1.29. The number of carboxylic acid groups (broad SMARTS) is 1. The van der Waals surface area contributed by atoms with E-state index in [2.05, 4.69) is 10.6 Å². The molecule has 0 radical (unpaired) electrons. The third kappa shape index (κ3) is 4.11. The number of rotatable bonds is 4. The maximum Gasteiger partial charge on any atom is 0.326 e. The number of urea groups is 1. The zero-order chi connectivity index (χ0) is 14.6. The Morgan fingerprint density at radius 1 is 1.21 bits per heavy atom. The van der Waals surface area contributed by atoms with Crippen LogP contribution in [0.4, 0.5) is 4.79 Å². The van der Waals surface area contributed by atoms with Crippen LogP contribution in [0.25, 0.3) is 0 Å². The zero-order valence-electron chi connectivity index (χ0n) is 11.5. The summed E-state index contributed by atoms with van der Waals surface area (Å²) in [6.07, 6.45) is 1.12. The number of nitrogens with zero attached hydrogens (tertiary/aromatic N) is 1. The number of amides is 3. The summed E-state index contributed by atoms with van der Waals surface area (Å²) in [6.45, 7) is 5.63. The molecule has 1 heterocycles. The summed E-state index contributed by atoms with van der Waals surface area (Å²) in [4.78, 5) is 35.8. The molecular formula is C12H21N3O4. The standard InChI is InChI=1S/C12H21N3O4/c1-7(2)13-10(16)8(3)14-12(19)15-6-4-5-9(15)11(17)18/h7-9H,4-6H2,1-3H3,(H,13,16)(H,14,19)(H,17,18). The molecule has 2 atom stereocenters. The minimum Gasteiger partial charge on any atom is -0.480 e. The monoisotopic (exact) mass is 271 g/mol. The van der Waals surface area contributed by atoms with Crippen molar-refractivity contribution in [1.29, 1.82) is 0 Å². The second kappa shape index (κ2) is 6.40. The van der Waals surface area contributed by atoms with E-state index in [1.807, 2.05) is 13.8 Å². The lowest BCUT2D eigenvalue weighted by Crippen LogP contribution is -2.53. The van der Waals surface area contributed by atoms with Crippen LogP contribution >= 0.6 is 0 Å². The van der Waals surface area contributed by atoms with Crippen molar-refractivity contribution in [2.45, 2.75) is 51.7 Å². The van der Waals surface area contributed by atoms with Crippen LogP contribution in [0.5, 0.6) is 0 Å². The number of likely N-dealkylation sites (tertiary alicyclic amines) is 1. The normalized spacial score (nSPS) is 20.2. The maximum atomic E-state index is 11.9. The predicted octanol–water partition coefficient (Wildman–Crippen LogP) is 0.158. The Morgan fingerprint density at radius 3 is 2.37 bits per heavy atom. The summed E-state index contributed by atoms with van der Waals surface area (Å²) < 4.78 is 0. The number of hydrogen-bond donors (Lipinski definition) is 3. The van der Waals surface area contributed by atoms with E-state index < -0.39 is 24.1 Å². The molecular weight excluding hydrogens is 250 g/mol. The van der Waals surface area contributed by atoms with Gasteiger partial charge in [0.05, 0.1) is 0 Å². The van der Waals surface area contributed by atoms with E-state index in [-0.39, 0.29) is 11.9 Å². The average molecular weight is 271 g/mol. The summed E-state index contributed by atoms with van der Waals surface area (Å²) in [7, 11) is 0. The van der Waals surface area contributed by atoms with Crippen LogP contribution < -0.4 is 10.6 Å². The number of carboxylic acids is 1. The fourth-order valence-corrected chi connectivity index (χ4v) is 2.01. The molecule has 1 rings (SSSR count). The first-order chi connectivity index (χ1) is 8.82. The van der Waals surface area contributed by atoms with Gasteiger partial charge in [-0.2, -0.15) is 0 Å². The second-order valence-corrected chi connectivity index (χ2v) is 5.02. The highest BCUT2D eigenvalue weighted by molar-refractivity contribution is 5.88. The van der Waals surface area contributed by atoms with Gasteiger partial charge in [-0.3, -0.25) is 4.79 Å². The second-order valence-electron chi connectivity index (χ2n) is 5.02. The van der Waals surface area contributed by atoms with Gasteiger partial charge in [0.1, 0.15) is 12.1 Å². The molecule has 1 aliphatic heterocycles. The quantitative estimate of drug-likeness (QED) is 0.678. The van der Waals surface area contributed by atoms with Crippen molar-refractivity contribution in [3.05, 3.63) is 0 Å². The molecule has 1 saturated heterocycles. The molecule has 2 unspecified atom stereocenters. The minimum absolute atomic E-state index is 0.00888. The Morgan fingerprint density at radius 2 is 1.84 bits per heavy atom. The Hall–Kier alpha value is -1.79. The van der Waals surface area contributed by atoms with E-state index in [1.54, 1.807) is 6.92 Å². The molecule has 0 saturated carbocycles. The third-order valence-electron chi connectivity index (χ3n) is 2.96. The third-order valence-corrected chi connectivity index (χ3v) is 2.96. The van der Waals surface area contributed by atoms with E-state index in [0.717, 1.165) is 0 Å². The highest BCUT2D eigenvalue weighted by atomic mass is 16.4. The van der Waals surface area contributed by atoms with Crippen LogP contribution in [-0.2, 0) is 9.59 Å². The van der Waals surface area contributed by atoms with Gasteiger partial charge < -0.3 is 20.6 Å². The minimum atomic E-state index is -1.01. The molecule has 19 heavy (non-hydrogen) atoms. The van der Waals surface area contributed by atoms with Gasteiger partial charge >= 0.3 is 12.0 Å². The first-order valence-corrected chi connectivity index (χ1v) is 6.43. The molecule has 1 aliphatic rings. The Kier molecular flexibility index (Phi) is 5.14. The number of carbonyl (C=O) groups excluding carboxylic acids is 2. The van der Waals surface area contributed by atoms with Crippen molar-refractivity contribution in [3.63, 3.8) is 0 Å². The highest BCUT2D eigenvalue weighted by Gasteiger charge is 2.34. The molecule has 3 amide bonds. The van der Waals surface area contributed by atoms with Gasteiger partial charge in [0.2, 0.25) is 5.91 Å². The van der Waals surface area contributed by atoms with Crippen LogP contribution in [0.2, 0.25) is 0 Å². The summed E-state index contributed by atoms with van der Waals surface area (Å²) in [6, 6.07) is -1.99. The van der Waals surface area contributed by atoms with Crippen molar-refractivity contribution in [1.82, 2.24) is 15.5 Å². The Bertz CT molecular complexity index is 370. The van der Waals surface area contributed by atoms with Crippen LogP contribution in [-0.4, -0.2) is 52.6 Å². The van der Waals surface area contributed by atoms with Crippen molar-refractivity contribution >= 4 is 17.9 Å². The Balaban J connectivity index is 2.54. The lowest BCUT2D eigenvalue weighted by Gasteiger charge is -2.24. The van der Waals surface area contributed by atoms with Gasteiger partial charge in [-0.1, -0.05) is 0 Å². The first-order valence-electron chi connectivity index (χ1n) is 6.43. The molecule has 0 aromatic heterocycles. The van der Waals surface area contributed by atoms with Crippen LogP contribution in [0.15, 0.2) is 0 Å². The van der Waals surface area contributed by atoms with Gasteiger partial charge in [0.15, 0.2) is 0 Å². The molecule has 108 valence electrons. The molecule has 1 fully saturated rings. The number of nitrogens with one attached hydrogen (secondary N) is 2. The van der Waals surface area contributed by atoms with E-state index in [9.17, 15) is 14.4 Å². The van der Waals surface area contributed by atoms with Gasteiger partial charge in [-0.15, -0.1) is 0 Å². The van der Waals surface area contributed by atoms with Crippen molar-refractivity contribution in [3.8, 4) is 0 Å². The molecule has 0 aromatic carbocycles. The van der Waals surface area contributed by atoms with Crippen molar-refractivity contribution in [2.75, 3.05) is 6.54 Å². The molecule has 0 aromatic rings. The van der Waals surface area contributed by atoms with Crippen molar-refractivity contribution in [2.24, 2.45) is 0 Å². The lowest BCUT2D eigenvalue weighted by molar-refractivity contribution is -0.141. The van der Waals surface area contributed by atoms with Gasteiger partial charge in [-0.25, -0.2) is 9.59 Å². The molecule has 0 bridgehead atoms. The first kappa shape index (κ1) is 15.3. The molecule has 0 spiro atoms. The summed E-state index contributed by atoms with van der Waals surface area (Å²) in [5.41, 5.74) is 0. The highest BCUT2D eigenvalue weighted by Crippen LogP contribution is 2.17. The van der Waals surface area contributed by atoms with Crippen LogP contribution in [0, 0.1) is 0 Å². The molecule has 3 N–H and O–H groups in total. The number of aliphatic carboxylic acids is 1. The average Bonchev–Trinajstić information content (AvgIpc) is 2.76. The largest absolute Gasteiger partial charge is 0.480 e. The SMILES string of the molecule is CC(C)NC(=O)C(C)NC(=O)N1CCCC1C(=O)O. The fraction of sp³-hybridized carbons (Fsp3) is 0.750. The van der Waals surface area contributed by atoms with Gasteiger partial charge in [0.25, 0.3) is 0 Å². The Labute approximate surface area is 112 Å². The van der Waals surface area contributed by atoms with Gasteiger partial charge in [-0.05, 0) is 33.6 Å². The van der Waals surface area contributed by atoms with E-state index in [1.165, 1.54) is 4.90 Å². The number of hydrogen-bond acceptors (Lipinski definition) is 3. The zero-order valence-corrected chi connectivity index (χ0v) is 11.5. The predicted molar refractivity (Wildman–Crippen MR) is 68.6 cm³/mol. The van der Waals surface area contributed by atoms with E-state index in [4.69, 9.17) is 5.11 Å². The molecule has 7 nitrogen and oxygen atoms in total. The van der Waals surface area contributed by atoms with Crippen molar-refractivity contribution < 1.29 is 19.5 Å². The fourth-order valence-electron chi connectivity index (χ4n) is 2.01.